The number of allylic oxidation sites excluding steroid dienone is 2. The highest BCUT2D eigenvalue weighted by Gasteiger charge is 2.35. The summed E-state index contributed by atoms with van der Waals surface area (Å²) in [4.78, 5) is 10.4. The van der Waals surface area contributed by atoms with E-state index in [1.54, 1.807) is 0 Å². The van der Waals surface area contributed by atoms with Crippen LogP contribution in [0.1, 0.15) is 20.8 Å². The summed E-state index contributed by atoms with van der Waals surface area (Å²) in [7, 11) is 0. The Kier molecular flexibility index (Phi) is 3.49. The number of alkyl halides is 3. The Balaban J connectivity index is 4.80. The largest absolute Gasteiger partial charge is 0.413 e. The molecule has 0 aromatic carbocycles. The van der Waals surface area contributed by atoms with Crippen LogP contribution in [0.25, 0.3) is 0 Å². The van der Waals surface area contributed by atoms with Gasteiger partial charge in [-0.3, -0.25) is 4.79 Å². The highest BCUT2D eigenvalue weighted by molar-refractivity contribution is 5.88. The van der Waals surface area contributed by atoms with E-state index in [0.717, 1.165) is 6.92 Å². The number of halogens is 3. The van der Waals surface area contributed by atoms with Crippen LogP contribution in [-0.2, 0) is 4.79 Å². The van der Waals surface area contributed by atoms with Crippen molar-refractivity contribution in [2.45, 2.75) is 26.9 Å². The van der Waals surface area contributed by atoms with Gasteiger partial charge < -0.3 is 0 Å². The van der Waals surface area contributed by atoms with Crippen molar-refractivity contribution in [1.82, 2.24) is 0 Å². The monoisotopic (exact) mass is 180 g/mol. The predicted molar refractivity (Wildman–Crippen MR) is 39.7 cm³/mol. The summed E-state index contributed by atoms with van der Waals surface area (Å²) >= 11 is 0. The molecule has 4 heteroatoms. The topological polar surface area (TPSA) is 17.1 Å². The molecular weight excluding hydrogens is 169 g/mol. The summed E-state index contributed by atoms with van der Waals surface area (Å²) in [6.07, 6.45) is -3.75. The third-order valence-corrected chi connectivity index (χ3v) is 1.31. The summed E-state index contributed by atoms with van der Waals surface area (Å²) in [6, 6.07) is 0. The molecule has 0 N–H and O–H groups in total. The Bertz CT molecular complexity index is 201. The fraction of sp³-hybridized carbons (Fsp3) is 0.625. The van der Waals surface area contributed by atoms with Gasteiger partial charge in [0.15, 0.2) is 5.78 Å². The van der Waals surface area contributed by atoms with Crippen LogP contribution in [0.15, 0.2) is 11.6 Å². The lowest BCUT2D eigenvalue weighted by molar-refractivity contribution is -0.115. The van der Waals surface area contributed by atoms with Crippen LogP contribution >= 0.6 is 0 Å². The van der Waals surface area contributed by atoms with Gasteiger partial charge >= 0.3 is 6.18 Å². The molecule has 1 nitrogen and oxygen atoms in total. The van der Waals surface area contributed by atoms with Gasteiger partial charge in [0, 0.05) is 5.57 Å². The quantitative estimate of drug-likeness (QED) is 0.597. The zero-order chi connectivity index (χ0) is 9.94. The Hall–Kier alpha value is -0.800. The molecule has 70 valence electrons. The molecule has 0 saturated heterocycles. The van der Waals surface area contributed by atoms with Crippen LogP contribution in [0, 0.1) is 5.92 Å². The van der Waals surface area contributed by atoms with Crippen molar-refractivity contribution in [1.29, 1.82) is 0 Å². The Labute approximate surface area is 69.3 Å². The molecule has 0 fully saturated rings. The molecule has 0 aliphatic heterocycles. The second-order valence-corrected chi connectivity index (χ2v) is 2.86. The lowest BCUT2D eigenvalue weighted by atomic mass is 10.0. The van der Waals surface area contributed by atoms with E-state index < -0.39 is 23.5 Å². The first-order valence-corrected chi connectivity index (χ1v) is 3.54. The predicted octanol–water partition coefficient (Wildman–Crippen LogP) is 2.72. The van der Waals surface area contributed by atoms with E-state index in [-0.39, 0.29) is 0 Å². The van der Waals surface area contributed by atoms with Crippen molar-refractivity contribution in [2.24, 2.45) is 5.92 Å². The zero-order valence-corrected chi connectivity index (χ0v) is 7.20. The summed E-state index contributed by atoms with van der Waals surface area (Å²) in [5.74, 6) is -1.25. The molecule has 0 atom stereocenters. The fourth-order valence-electron chi connectivity index (χ4n) is 0.795. The maximum absolute atomic E-state index is 12.1. The molecule has 0 spiro atoms. The van der Waals surface area contributed by atoms with E-state index in [2.05, 4.69) is 0 Å². The smallest absolute Gasteiger partial charge is 0.295 e. The molecular formula is C8H11F3O. The van der Waals surface area contributed by atoms with Crippen LogP contribution in [0.5, 0.6) is 0 Å². The first-order chi connectivity index (χ1) is 5.25. The zero-order valence-electron chi connectivity index (χ0n) is 7.20. The Morgan fingerprint density at radius 1 is 1.33 bits per heavy atom. The first-order valence-electron chi connectivity index (χ1n) is 3.54. The molecule has 12 heavy (non-hydrogen) atoms. The Morgan fingerprint density at radius 2 is 1.75 bits per heavy atom. The van der Waals surface area contributed by atoms with Crippen molar-refractivity contribution >= 4 is 5.78 Å². The number of rotatable bonds is 2. The lowest BCUT2D eigenvalue weighted by Gasteiger charge is -2.14. The van der Waals surface area contributed by atoms with Gasteiger partial charge in [0.2, 0.25) is 0 Å². The summed E-state index contributed by atoms with van der Waals surface area (Å²) in [6.45, 7) is 3.92. The van der Waals surface area contributed by atoms with Crippen molar-refractivity contribution < 1.29 is 18.0 Å². The van der Waals surface area contributed by atoms with Crippen LogP contribution in [0.3, 0.4) is 0 Å². The maximum atomic E-state index is 12.1. The van der Waals surface area contributed by atoms with E-state index >= 15 is 0 Å². The summed E-state index contributed by atoms with van der Waals surface area (Å²) in [5.41, 5.74) is -0.769. The standard InChI is InChI=1S/C8H11F3O/c1-5(2)7(4-6(3)12)8(9,10)11/h4-5H,1-3H3. The van der Waals surface area contributed by atoms with E-state index in [1.165, 1.54) is 13.8 Å². The highest BCUT2D eigenvalue weighted by atomic mass is 19.4. The van der Waals surface area contributed by atoms with Crippen LogP contribution in [-0.4, -0.2) is 12.0 Å². The molecule has 0 aromatic rings. The van der Waals surface area contributed by atoms with Crippen LogP contribution in [0.4, 0.5) is 13.2 Å². The van der Waals surface area contributed by atoms with Crippen molar-refractivity contribution in [3.63, 3.8) is 0 Å². The molecule has 0 aliphatic carbocycles. The molecule has 0 bridgehead atoms. The van der Waals surface area contributed by atoms with Gasteiger partial charge in [-0.2, -0.15) is 13.2 Å². The van der Waals surface area contributed by atoms with E-state index in [9.17, 15) is 18.0 Å². The SMILES string of the molecule is CC(=O)C=C(C(C)C)C(F)(F)F. The van der Waals surface area contributed by atoms with E-state index in [4.69, 9.17) is 0 Å². The minimum absolute atomic E-state index is 0.573. The molecule has 0 aromatic heterocycles. The van der Waals surface area contributed by atoms with Crippen molar-refractivity contribution in [2.75, 3.05) is 0 Å². The summed E-state index contributed by atoms with van der Waals surface area (Å²) < 4.78 is 36.3. The second-order valence-electron chi connectivity index (χ2n) is 2.86. The Morgan fingerprint density at radius 3 is 1.83 bits per heavy atom. The highest BCUT2D eigenvalue weighted by Crippen LogP contribution is 2.30. The second kappa shape index (κ2) is 3.74. The van der Waals surface area contributed by atoms with Crippen molar-refractivity contribution in [3.05, 3.63) is 11.6 Å². The van der Waals surface area contributed by atoms with E-state index in [0.29, 0.717) is 6.08 Å². The number of hydrogen-bond donors (Lipinski definition) is 0. The molecule has 0 heterocycles. The van der Waals surface area contributed by atoms with Gasteiger partial charge in [-0.25, -0.2) is 0 Å². The van der Waals surface area contributed by atoms with Crippen LogP contribution < -0.4 is 0 Å². The lowest BCUT2D eigenvalue weighted by Crippen LogP contribution is -2.17. The number of carbonyl (C=O) groups is 1. The molecule has 0 rings (SSSR count). The van der Waals surface area contributed by atoms with Gasteiger partial charge in [0.1, 0.15) is 0 Å². The molecule has 0 radical (unpaired) electrons. The first kappa shape index (κ1) is 11.2. The average Bonchev–Trinajstić information content (AvgIpc) is 1.79. The fourth-order valence-corrected chi connectivity index (χ4v) is 0.795. The number of carbonyl (C=O) groups excluding carboxylic acids is 1. The molecule has 0 saturated carbocycles. The normalized spacial score (nSPS) is 13.8. The van der Waals surface area contributed by atoms with Crippen molar-refractivity contribution in [3.8, 4) is 0 Å². The van der Waals surface area contributed by atoms with Gasteiger partial charge in [0.25, 0.3) is 0 Å². The number of ketones is 1. The average molecular weight is 180 g/mol. The molecule has 0 aliphatic rings. The maximum Gasteiger partial charge on any atom is 0.413 e. The van der Waals surface area contributed by atoms with Gasteiger partial charge in [-0.1, -0.05) is 13.8 Å². The minimum Gasteiger partial charge on any atom is -0.295 e. The third-order valence-electron chi connectivity index (χ3n) is 1.31. The third kappa shape index (κ3) is 3.55. The van der Waals surface area contributed by atoms with E-state index in [1.807, 2.05) is 0 Å². The van der Waals surface area contributed by atoms with Gasteiger partial charge in [-0.05, 0) is 18.9 Å². The van der Waals surface area contributed by atoms with Gasteiger partial charge in [0.05, 0.1) is 0 Å². The van der Waals surface area contributed by atoms with Crippen LogP contribution in [0.2, 0.25) is 0 Å². The van der Waals surface area contributed by atoms with Gasteiger partial charge in [-0.15, -0.1) is 0 Å². The summed E-state index contributed by atoms with van der Waals surface area (Å²) in [5, 5.41) is 0. The minimum atomic E-state index is -4.39. The molecule has 0 amide bonds. The molecule has 0 unspecified atom stereocenters. The number of hydrogen-bond acceptors (Lipinski definition) is 1.